The Hall–Kier alpha value is -2.08. The molecule has 0 spiro atoms. The van der Waals surface area contributed by atoms with E-state index in [9.17, 15) is 8.42 Å². The quantitative estimate of drug-likeness (QED) is 0.855. The Balaban J connectivity index is 1.89. The number of sulfone groups is 1. The highest BCUT2D eigenvalue weighted by atomic mass is 32.2. The van der Waals surface area contributed by atoms with Gasteiger partial charge in [-0.05, 0) is 29.8 Å². The van der Waals surface area contributed by atoms with E-state index in [1.807, 2.05) is 0 Å². The van der Waals surface area contributed by atoms with Crippen molar-refractivity contribution in [2.24, 2.45) is 0 Å². The van der Waals surface area contributed by atoms with Gasteiger partial charge in [0.15, 0.2) is 26.4 Å². The van der Waals surface area contributed by atoms with Crippen LogP contribution in [-0.2, 0) is 15.6 Å². The molecule has 0 fully saturated rings. The van der Waals surface area contributed by atoms with Crippen LogP contribution < -0.4 is 9.47 Å². The van der Waals surface area contributed by atoms with E-state index in [1.54, 1.807) is 30.3 Å². The molecule has 0 saturated carbocycles. The normalized spacial score (nSPS) is 13.5. The van der Waals surface area contributed by atoms with Crippen LogP contribution in [0.5, 0.6) is 11.5 Å². The van der Waals surface area contributed by atoms with Gasteiger partial charge in [-0.25, -0.2) is 13.4 Å². The zero-order chi connectivity index (χ0) is 13.3. The van der Waals surface area contributed by atoms with Crippen LogP contribution in [0.3, 0.4) is 0 Å². The Labute approximate surface area is 110 Å². The molecule has 1 aliphatic rings. The number of hydrogen-bond acceptors (Lipinski definition) is 5. The molecular weight excluding hydrogens is 266 g/mol. The highest BCUT2D eigenvalue weighted by molar-refractivity contribution is 7.90. The summed E-state index contributed by atoms with van der Waals surface area (Å²) in [7, 11) is -3.44. The number of rotatable bonds is 3. The molecule has 0 amide bonds. The van der Waals surface area contributed by atoms with Crippen LogP contribution >= 0.6 is 0 Å². The van der Waals surface area contributed by atoms with Crippen LogP contribution in [0.25, 0.3) is 0 Å². The maximum Gasteiger partial charge on any atom is 0.231 e. The van der Waals surface area contributed by atoms with E-state index in [1.165, 1.54) is 12.3 Å². The molecule has 0 unspecified atom stereocenters. The molecule has 0 saturated heterocycles. The number of hydrogen-bond donors (Lipinski definition) is 0. The number of ether oxygens (including phenoxy) is 2. The van der Waals surface area contributed by atoms with Gasteiger partial charge in [0.2, 0.25) is 6.79 Å². The molecule has 19 heavy (non-hydrogen) atoms. The van der Waals surface area contributed by atoms with Crippen molar-refractivity contribution in [3.8, 4) is 11.5 Å². The number of fused-ring (bicyclic) bond motifs is 1. The Kier molecular flexibility index (Phi) is 2.87. The summed E-state index contributed by atoms with van der Waals surface area (Å²) in [4.78, 5) is 3.88. The largest absolute Gasteiger partial charge is 0.454 e. The molecule has 2 aromatic rings. The molecule has 98 valence electrons. The fraction of sp³-hybridized carbons (Fsp3) is 0.154. The molecule has 0 atom stereocenters. The summed E-state index contributed by atoms with van der Waals surface area (Å²) in [6.45, 7) is 0.172. The van der Waals surface area contributed by atoms with Gasteiger partial charge in [-0.3, -0.25) is 0 Å². The van der Waals surface area contributed by atoms with E-state index >= 15 is 0 Å². The molecule has 5 nitrogen and oxygen atoms in total. The van der Waals surface area contributed by atoms with Gasteiger partial charge < -0.3 is 9.47 Å². The lowest BCUT2D eigenvalue weighted by molar-refractivity contribution is 0.174. The number of benzene rings is 1. The van der Waals surface area contributed by atoms with Gasteiger partial charge in [-0.15, -0.1) is 0 Å². The summed E-state index contributed by atoms with van der Waals surface area (Å²) < 4.78 is 34.7. The molecule has 1 aromatic heterocycles. The molecule has 1 aliphatic heterocycles. The van der Waals surface area contributed by atoms with Crippen molar-refractivity contribution in [1.82, 2.24) is 4.98 Å². The Morgan fingerprint density at radius 2 is 1.95 bits per heavy atom. The van der Waals surface area contributed by atoms with Gasteiger partial charge in [0.05, 0.1) is 5.75 Å². The minimum atomic E-state index is -3.44. The summed E-state index contributed by atoms with van der Waals surface area (Å²) in [5.41, 5.74) is 0.648. The van der Waals surface area contributed by atoms with E-state index in [-0.39, 0.29) is 17.6 Å². The zero-order valence-electron chi connectivity index (χ0n) is 9.94. The van der Waals surface area contributed by atoms with Crippen molar-refractivity contribution >= 4 is 9.84 Å². The maximum atomic E-state index is 12.2. The highest BCUT2D eigenvalue weighted by Crippen LogP contribution is 2.33. The molecule has 0 N–H and O–H groups in total. The number of pyridine rings is 1. The van der Waals surface area contributed by atoms with Crippen molar-refractivity contribution in [3.05, 3.63) is 48.2 Å². The third-order valence-corrected chi connectivity index (χ3v) is 4.34. The first-order valence-electron chi connectivity index (χ1n) is 5.67. The molecule has 3 rings (SSSR count). The van der Waals surface area contributed by atoms with E-state index in [0.717, 1.165) is 0 Å². The van der Waals surface area contributed by atoms with Crippen LogP contribution in [0.4, 0.5) is 0 Å². The van der Waals surface area contributed by atoms with Crippen LogP contribution in [0.15, 0.2) is 47.6 Å². The minimum absolute atomic E-state index is 0.0765. The van der Waals surface area contributed by atoms with Crippen LogP contribution in [0, 0.1) is 0 Å². The molecule has 2 heterocycles. The molecule has 0 bridgehead atoms. The standard InChI is InChI=1S/C13H11NO4S/c15-19(16,13-3-1-2-6-14-13)8-10-4-5-11-12(7-10)18-9-17-11/h1-7H,8-9H2. The maximum absolute atomic E-state index is 12.2. The molecule has 0 radical (unpaired) electrons. The smallest absolute Gasteiger partial charge is 0.231 e. The minimum Gasteiger partial charge on any atom is -0.454 e. The third-order valence-electron chi connectivity index (χ3n) is 2.75. The molecule has 0 aliphatic carbocycles. The van der Waals surface area contributed by atoms with Crippen molar-refractivity contribution in [2.45, 2.75) is 10.8 Å². The van der Waals surface area contributed by atoms with Gasteiger partial charge in [0.25, 0.3) is 0 Å². The Morgan fingerprint density at radius 3 is 2.74 bits per heavy atom. The molecule has 1 aromatic carbocycles. The predicted molar refractivity (Wildman–Crippen MR) is 67.7 cm³/mol. The van der Waals surface area contributed by atoms with Crippen molar-refractivity contribution in [2.75, 3.05) is 6.79 Å². The van der Waals surface area contributed by atoms with E-state index in [2.05, 4.69) is 4.98 Å². The lowest BCUT2D eigenvalue weighted by Crippen LogP contribution is -2.06. The van der Waals surface area contributed by atoms with Crippen LogP contribution in [0.1, 0.15) is 5.56 Å². The SMILES string of the molecule is O=S(=O)(Cc1ccc2c(c1)OCO2)c1ccccn1. The first kappa shape index (κ1) is 12.0. The second kappa shape index (κ2) is 4.55. The summed E-state index contributed by atoms with van der Waals surface area (Å²) in [5.74, 6) is 1.11. The summed E-state index contributed by atoms with van der Waals surface area (Å²) in [6.07, 6.45) is 1.46. The van der Waals surface area contributed by atoms with E-state index < -0.39 is 9.84 Å². The van der Waals surface area contributed by atoms with Crippen molar-refractivity contribution in [3.63, 3.8) is 0 Å². The fourth-order valence-corrected chi connectivity index (χ4v) is 3.13. The zero-order valence-corrected chi connectivity index (χ0v) is 10.8. The third kappa shape index (κ3) is 2.39. The number of aromatic nitrogens is 1. The van der Waals surface area contributed by atoms with Crippen molar-refractivity contribution < 1.29 is 17.9 Å². The first-order chi connectivity index (χ1) is 9.15. The Morgan fingerprint density at radius 1 is 1.11 bits per heavy atom. The van der Waals surface area contributed by atoms with Gasteiger partial charge >= 0.3 is 0 Å². The van der Waals surface area contributed by atoms with Gasteiger partial charge in [-0.1, -0.05) is 12.1 Å². The van der Waals surface area contributed by atoms with Crippen LogP contribution in [0.2, 0.25) is 0 Å². The first-order valence-corrected chi connectivity index (χ1v) is 7.33. The van der Waals surface area contributed by atoms with E-state index in [0.29, 0.717) is 17.1 Å². The Bertz CT molecular complexity index is 698. The predicted octanol–water partition coefficient (Wildman–Crippen LogP) is 1.78. The van der Waals surface area contributed by atoms with Gasteiger partial charge in [0.1, 0.15) is 0 Å². The highest BCUT2D eigenvalue weighted by Gasteiger charge is 2.19. The summed E-state index contributed by atoms with van der Waals surface area (Å²) >= 11 is 0. The number of nitrogens with zero attached hydrogens (tertiary/aromatic N) is 1. The fourth-order valence-electron chi connectivity index (χ4n) is 1.86. The summed E-state index contributed by atoms with van der Waals surface area (Å²) in [6, 6.07) is 9.93. The van der Waals surface area contributed by atoms with Gasteiger partial charge in [-0.2, -0.15) is 0 Å². The summed E-state index contributed by atoms with van der Waals surface area (Å²) in [5, 5.41) is 0.0765. The second-order valence-electron chi connectivity index (χ2n) is 4.11. The molecular formula is C13H11NO4S. The lowest BCUT2D eigenvalue weighted by atomic mass is 10.2. The van der Waals surface area contributed by atoms with Crippen LogP contribution in [-0.4, -0.2) is 20.2 Å². The average molecular weight is 277 g/mol. The van der Waals surface area contributed by atoms with Gasteiger partial charge in [0, 0.05) is 6.20 Å². The topological polar surface area (TPSA) is 65.5 Å². The second-order valence-corrected chi connectivity index (χ2v) is 6.05. The molecule has 6 heteroatoms. The van der Waals surface area contributed by atoms with E-state index in [4.69, 9.17) is 9.47 Å². The monoisotopic (exact) mass is 277 g/mol. The van der Waals surface area contributed by atoms with Crippen molar-refractivity contribution in [1.29, 1.82) is 0 Å². The average Bonchev–Trinajstić information content (AvgIpc) is 2.87. The lowest BCUT2D eigenvalue weighted by Gasteiger charge is -2.04.